The first-order valence-corrected chi connectivity index (χ1v) is 8.27. The molecule has 0 bridgehead atoms. The van der Waals surface area contributed by atoms with Crippen molar-refractivity contribution in [3.63, 3.8) is 0 Å². The number of hydrogen-bond acceptors (Lipinski definition) is 5. The number of aromatic nitrogens is 2. The molecule has 0 aliphatic carbocycles. The van der Waals surface area contributed by atoms with E-state index in [1.807, 2.05) is 11.6 Å². The highest BCUT2D eigenvalue weighted by atomic mass is 32.1. The first kappa shape index (κ1) is 14.3. The molecule has 0 saturated carbocycles. The quantitative estimate of drug-likeness (QED) is 0.872. The second-order valence-corrected chi connectivity index (χ2v) is 6.06. The molecule has 2 aromatic rings. The smallest absolute Gasteiger partial charge is 0.242 e. The fourth-order valence-electron chi connectivity index (χ4n) is 2.92. The van der Waals surface area contributed by atoms with Gasteiger partial charge < -0.3 is 15.5 Å². The molecule has 7 heteroatoms. The Kier molecular flexibility index (Phi) is 4.12. The molecule has 2 aromatic heterocycles. The maximum atomic E-state index is 12.1. The lowest BCUT2D eigenvalue weighted by Crippen LogP contribution is -2.42. The molecule has 114 valence electrons. The van der Waals surface area contributed by atoms with Crippen molar-refractivity contribution in [1.29, 1.82) is 0 Å². The highest BCUT2D eigenvalue weighted by Crippen LogP contribution is 2.30. The Morgan fingerprint density at radius 1 is 1.57 bits per heavy atom. The zero-order chi connectivity index (χ0) is 14.8. The molecule has 1 aliphatic heterocycles. The molecule has 6 nitrogen and oxygen atoms in total. The summed E-state index contributed by atoms with van der Waals surface area (Å²) in [7, 11) is 1.70. The fourth-order valence-corrected chi connectivity index (χ4v) is 3.65. The number of anilines is 1. The number of carbonyl (C=O) groups excluding carboxylic acids is 1. The molecule has 2 N–H and O–H groups in total. The first-order chi connectivity index (χ1) is 10.3. The number of thiazole rings is 1. The molecule has 1 saturated heterocycles. The van der Waals surface area contributed by atoms with E-state index in [4.69, 9.17) is 4.98 Å². The summed E-state index contributed by atoms with van der Waals surface area (Å²) in [5, 5.41) is 8.18. The molecule has 3 rings (SSSR count). The van der Waals surface area contributed by atoms with E-state index in [9.17, 15) is 4.79 Å². The number of carbonyl (C=O) groups is 1. The Labute approximate surface area is 128 Å². The van der Waals surface area contributed by atoms with Crippen LogP contribution in [0.5, 0.6) is 0 Å². The molecule has 0 aromatic carbocycles. The topological polar surface area (TPSA) is 61.7 Å². The second kappa shape index (κ2) is 6.03. The number of imidazole rings is 1. The van der Waals surface area contributed by atoms with Crippen LogP contribution in [-0.4, -0.2) is 41.5 Å². The maximum absolute atomic E-state index is 12.1. The summed E-state index contributed by atoms with van der Waals surface area (Å²) in [6.45, 7) is 4.66. The molecule has 1 aliphatic rings. The third kappa shape index (κ3) is 2.51. The molecular weight excluding hydrogens is 286 g/mol. The van der Waals surface area contributed by atoms with Crippen molar-refractivity contribution >= 4 is 28.0 Å². The van der Waals surface area contributed by atoms with Gasteiger partial charge in [-0.3, -0.25) is 9.20 Å². The van der Waals surface area contributed by atoms with Crippen LogP contribution < -0.4 is 15.5 Å². The zero-order valence-electron chi connectivity index (χ0n) is 12.4. The first-order valence-electron chi connectivity index (χ1n) is 7.39. The van der Waals surface area contributed by atoms with Gasteiger partial charge in [-0.15, -0.1) is 11.3 Å². The van der Waals surface area contributed by atoms with E-state index < -0.39 is 0 Å². The van der Waals surface area contributed by atoms with E-state index in [-0.39, 0.29) is 11.9 Å². The predicted molar refractivity (Wildman–Crippen MR) is 84.9 cm³/mol. The molecule has 21 heavy (non-hydrogen) atoms. The van der Waals surface area contributed by atoms with Crippen molar-refractivity contribution < 1.29 is 4.79 Å². The normalized spacial score (nSPS) is 18.6. The summed E-state index contributed by atoms with van der Waals surface area (Å²) in [5.41, 5.74) is 1.14. The minimum Gasteiger partial charge on any atom is -0.357 e. The number of nitrogens with one attached hydrogen (secondary N) is 2. The van der Waals surface area contributed by atoms with Crippen molar-refractivity contribution in [3.8, 4) is 0 Å². The second-order valence-electron chi connectivity index (χ2n) is 5.18. The van der Waals surface area contributed by atoms with Crippen molar-refractivity contribution in [2.45, 2.75) is 32.4 Å². The number of fused-ring (bicyclic) bond motifs is 1. The molecule has 0 radical (unpaired) electrons. The average Bonchev–Trinajstić information content (AvgIpc) is 3.19. The lowest BCUT2D eigenvalue weighted by Gasteiger charge is -2.24. The van der Waals surface area contributed by atoms with Crippen molar-refractivity contribution in [2.24, 2.45) is 0 Å². The number of amides is 1. The van der Waals surface area contributed by atoms with Crippen molar-refractivity contribution in [3.05, 3.63) is 17.3 Å². The van der Waals surface area contributed by atoms with E-state index in [0.29, 0.717) is 0 Å². The fraction of sp³-hybridized carbons (Fsp3) is 0.571. The van der Waals surface area contributed by atoms with Crippen molar-refractivity contribution in [1.82, 2.24) is 20.0 Å². The third-order valence-corrected chi connectivity index (χ3v) is 4.71. The van der Waals surface area contributed by atoms with E-state index in [1.54, 1.807) is 18.4 Å². The van der Waals surface area contributed by atoms with Crippen LogP contribution in [-0.2, 0) is 11.3 Å². The van der Waals surface area contributed by atoms with Crippen LogP contribution >= 0.6 is 11.3 Å². The van der Waals surface area contributed by atoms with Crippen LogP contribution in [0.15, 0.2) is 11.6 Å². The molecule has 1 amide bonds. The largest absolute Gasteiger partial charge is 0.357 e. The highest BCUT2D eigenvalue weighted by Gasteiger charge is 2.33. The van der Waals surface area contributed by atoms with Crippen LogP contribution in [0.4, 0.5) is 5.82 Å². The van der Waals surface area contributed by atoms with Gasteiger partial charge in [0, 0.05) is 31.7 Å². The maximum Gasteiger partial charge on any atom is 0.242 e. The molecule has 3 heterocycles. The van der Waals surface area contributed by atoms with Crippen LogP contribution in [0.25, 0.3) is 4.96 Å². The summed E-state index contributed by atoms with van der Waals surface area (Å²) in [5.74, 6) is 1.03. The van der Waals surface area contributed by atoms with Gasteiger partial charge in [-0.1, -0.05) is 6.92 Å². The Hall–Kier alpha value is -1.60. The summed E-state index contributed by atoms with van der Waals surface area (Å²) >= 11 is 1.63. The van der Waals surface area contributed by atoms with Crippen LogP contribution in [0.3, 0.4) is 0 Å². The summed E-state index contributed by atoms with van der Waals surface area (Å²) in [4.78, 5) is 20.0. The summed E-state index contributed by atoms with van der Waals surface area (Å²) in [6, 6.07) is -0.0972. The van der Waals surface area contributed by atoms with Gasteiger partial charge >= 0.3 is 0 Å². The lowest BCUT2D eigenvalue weighted by atomic mass is 10.2. The van der Waals surface area contributed by atoms with E-state index >= 15 is 0 Å². The molecule has 1 unspecified atom stereocenters. The molecule has 0 spiro atoms. The van der Waals surface area contributed by atoms with Gasteiger partial charge in [0.2, 0.25) is 5.91 Å². The Bertz CT molecular complexity index is 634. The van der Waals surface area contributed by atoms with Gasteiger partial charge in [-0.05, 0) is 19.4 Å². The number of rotatable bonds is 5. The summed E-state index contributed by atoms with van der Waals surface area (Å²) < 4.78 is 2.13. The average molecular weight is 307 g/mol. The van der Waals surface area contributed by atoms with Crippen LogP contribution in [0, 0.1) is 0 Å². The monoisotopic (exact) mass is 307 g/mol. The zero-order valence-corrected chi connectivity index (χ0v) is 13.2. The van der Waals surface area contributed by atoms with Gasteiger partial charge in [-0.2, -0.15) is 0 Å². The predicted octanol–water partition coefficient (Wildman–Crippen LogP) is 1.22. The van der Waals surface area contributed by atoms with Gasteiger partial charge in [-0.25, -0.2) is 4.98 Å². The minimum atomic E-state index is -0.0972. The number of hydrogen-bond donors (Lipinski definition) is 2. The van der Waals surface area contributed by atoms with E-state index in [1.165, 1.54) is 0 Å². The minimum absolute atomic E-state index is 0.0817. The Morgan fingerprint density at radius 3 is 3.19 bits per heavy atom. The van der Waals surface area contributed by atoms with E-state index in [0.717, 1.165) is 48.9 Å². The van der Waals surface area contributed by atoms with Crippen LogP contribution in [0.1, 0.15) is 25.5 Å². The number of likely N-dealkylation sites (N-methyl/N-ethyl adjacent to an activating group) is 1. The molecule has 1 atom stereocenters. The summed E-state index contributed by atoms with van der Waals surface area (Å²) in [6.07, 6.45) is 3.98. The highest BCUT2D eigenvalue weighted by molar-refractivity contribution is 7.15. The Balaban J connectivity index is 1.98. The van der Waals surface area contributed by atoms with Gasteiger partial charge in [0.1, 0.15) is 6.04 Å². The van der Waals surface area contributed by atoms with Crippen molar-refractivity contribution in [2.75, 3.05) is 25.0 Å². The van der Waals surface area contributed by atoms with Gasteiger partial charge in [0.25, 0.3) is 0 Å². The molecular formula is C14H21N5OS. The molecule has 1 fully saturated rings. The van der Waals surface area contributed by atoms with Crippen LogP contribution in [0.2, 0.25) is 0 Å². The number of nitrogens with zero attached hydrogens (tertiary/aromatic N) is 3. The SMILES string of the molecule is CCNCc1c(N2CCCC2C(=O)NC)nc2sccn12. The lowest BCUT2D eigenvalue weighted by molar-refractivity contribution is -0.121. The third-order valence-electron chi connectivity index (χ3n) is 3.96. The van der Waals surface area contributed by atoms with Gasteiger partial charge in [0.05, 0.1) is 5.69 Å². The Morgan fingerprint density at radius 2 is 2.43 bits per heavy atom. The van der Waals surface area contributed by atoms with E-state index in [2.05, 4.69) is 26.9 Å². The standard InChI is InChI=1S/C14H21N5OS/c1-3-16-9-11-12(17-14-19(11)7-8-21-14)18-6-4-5-10(18)13(20)15-2/h7-8,10,16H,3-6,9H2,1-2H3,(H,15,20). The van der Waals surface area contributed by atoms with Gasteiger partial charge in [0.15, 0.2) is 10.8 Å².